The quantitative estimate of drug-likeness (QED) is 0.824. The summed E-state index contributed by atoms with van der Waals surface area (Å²) in [6.07, 6.45) is 0. The van der Waals surface area contributed by atoms with Crippen molar-refractivity contribution in [3.05, 3.63) is 65.2 Å². The summed E-state index contributed by atoms with van der Waals surface area (Å²) in [5, 5.41) is 3.00. The van der Waals surface area contributed by atoms with Crippen LogP contribution in [0.1, 0.15) is 18.1 Å². The zero-order valence-corrected chi connectivity index (χ0v) is 12.7. The van der Waals surface area contributed by atoms with Crippen LogP contribution < -0.4 is 15.8 Å². The van der Waals surface area contributed by atoms with Gasteiger partial charge in [0.15, 0.2) is 0 Å². The van der Waals surface area contributed by atoms with Gasteiger partial charge in [0.1, 0.15) is 24.0 Å². The van der Waals surface area contributed by atoms with E-state index in [1.807, 2.05) is 24.3 Å². The van der Waals surface area contributed by atoms with E-state index >= 15 is 0 Å². The van der Waals surface area contributed by atoms with Gasteiger partial charge in [0.05, 0.1) is 6.04 Å². The fourth-order valence-corrected chi connectivity index (χ4v) is 1.98. The van der Waals surface area contributed by atoms with Crippen LogP contribution in [0.5, 0.6) is 5.75 Å². The number of benzene rings is 2. The van der Waals surface area contributed by atoms with Gasteiger partial charge >= 0.3 is 0 Å². The van der Waals surface area contributed by atoms with Crippen molar-refractivity contribution in [1.82, 2.24) is 5.32 Å². The highest BCUT2D eigenvalue weighted by Crippen LogP contribution is 2.17. The summed E-state index contributed by atoms with van der Waals surface area (Å²) in [6.45, 7) is 2.35. The standard InChI is InChI=1S/C17H18F2N2O2/c1-11(17(20)22)21-9-12-3-2-4-13(5-12)10-23-16-7-14(18)6-15(19)8-16/h2-8,11,21H,9-10H2,1H3,(H2,20,22)/t11-/m0/s1. The molecular formula is C17H18F2N2O2. The van der Waals surface area contributed by atoms with Crippen molar-refractivity contribution < 1.29 is 18.3 Å². The summed E-state index contributed by atoms with van der Waals surface area (Å²) in [6, 6.07) is 10.1. The predicted octanol–water partition coefficient (Wildman–Crippen LogP) is 2.51. The number of nitrogens with one attached hydrogen (secondary N) is 1. The van der Waals surface area contributed by atoms with E-state index in [2.05, 4.69) is 5.32 Å². The largest absolute Gasteiger partial charge is 0.489 e. The number of rotatable bonds is 7. The highest BCUT2D eigenvalue weighted by atomic mass is 19.1. The van der Waals surface area contributed by atoms with E-state index in [0.29, 0.717) is 6.54 Å². The molecule has 0 saturated heterocycles. The van der Waals surface area contributed by atoms with Crippen LogP contribution in [0.2, 0.25) is 0 Å². The van der Waals surface area contributed by atoms with Crippen LogP contribution in [0.4, 0.5) is 8.78 Å². The molecule has 2 aromatic carbocycles. The number of ether oxygens (including phenoxy) is 1. The van der Waals surface area contributed by atoms with Gasteiger partial charge in [0, 0.05) is 24.7 Å². The molecule has 2 rings (SSSR count). The number of hydrogen-bond acceptors (Lipinski definition) is 3. The van der Waals surface area contributed by atoms with Crippen LogP contribution in [0.3, 0.4) is 0 Å². The molecular weight excluding hydrogens is 302 g/mol. The van der Waals surface area contributed by atoms with E-state index in [1.165, 1.54) is 0 Å². The molecule has 0 aliphatic heterocycles. The minimum Gasteiger partial charge on any atom is -0.489 e. The van der Waals surface area contributed by atoms with E-state index in [4.69, 9.17) is 10.5 Å². The third-order valence-corrected chi connectivity index (χ3v) is 3.27. The second kappa shape index (κ2) is 7.69. The zero-order valence-electron chi connectivity index (χ0n) is 12.7. The Labute approximate surface area is 133 Å². The van der Waals surface area contributed by atoms with E-state index in [1.54, 1.807) is 6.92 Å². The SMILES string of the molecule is C[C@H](NCc1cccc(COc2cc(F)cc(F)c2)c1)C(N)=O. The number of amides is 1. The summed E-state index contributed by atoms with van der Waals surface area (Å²) < 4.78 is 31.6. The fourth-order valence-electron chi connectivity index (χ4n) is 1.98. The highest BCUT2D eigenvalue weighted by Gasteiger charge is 2.07. The summed E-state index contributed by atoms with van der Waals surface area (Å²) in [7, 11) is 0. The molecule has 0 heterocycles. The number of primary amides is 1. The second-order valence-corrected chi connectivity index (χ2v) is 5.22. The van der Waals surface area contributed by atoms with Crippen LogP contribution in [0.15, 0.2) is 42.5 Å². The molecule has 3 N–H and O–H groups in total. The number of carbonyl (C=O) groups is 1. The first-order chi connectivity index (χ1) is 10.9. The van der Waals surface area contributed by atoms with Crippen molar-refractivity contribution in [2.45, 2.75) is 26.1 Å². The number of hydrogen-bond donors (Lipinski definition) is 2. The van der Waals surface area contributed by atoms with Gasteiger partial charge in [0.25, 0.3) is 0 Å². The van der Waals surface area contributed by atoms with Crippen LogP contribution >= 0.6 is 0 Å². The Hall–Kier alpha value is -2.47. The summed E-state index contributed by atoms with van der Waals surface area (Å²) in [4.78, 5) is 11.0. The van der Waals surface area contributed by atoms with E-state index in [9.17, 15) is 13.6 Å². The maximum Gasteiger partial charge on any atom is 0.234 e. The van der Waals surface area contributed by atoms with Gasteiger partial charge in [-0.1, -0.05) is 24.3 Å². The first-order valence-electron chi connectivity index (χ1n) is 7.13. The van der Waals surface area contributed by atoms with Gasteiger partial charge in [-0.05, 0) is 18.1 Å². The average molecular weight is 320 g/mol. The van der Waals surface area contributed by atoms with Crippen molar-refractivity contribution >= 4 is 5.91 Å². The maximum atomic E-state index is 13.1. The molecule has 2 aromatic rings. The minimum absolute atomic E-state index is 0.133. The second-order valence-electron chi connectivity index (χ2n) is 5.22. The minimum atomic E-state index is -0.682. The fraction of sp³-hybridized carbons (Fsp3) is 0.235. The molecule has 122 valence electrons. The Morgan fingerprint density at radius 1 is 1.17 bits per heavy atom. The Morgan fingerprint density at radius 2 is 1.83 bits per heavy atom. The summed E-state index contributed by atoms with van der Waals surface area (Å²) in [5.74, 6) is -1.65. The molecule has 1 amide bonds. The zero-order chi connectivity index (χ0) is 16.8. The molecule has 0 bridgehead atoms. The smallest absolute Gasteiger partial charge is 0.234 e. The van der Waals surface area contributed by atoms with Crippen LogP contribution in [-0.4, -0.2) is 11.9 Å². The van der Waals surface area contributed by atoms with Crippen molar-refractivity contribution in [3.63, 3.8) is 0 Å². The third-order valence-electron chi connectivity index (χ3n) is 3.27. The molecule has 0 unspecified atom stereocenters. The molecule has 0 aliphatic carbocycles. The number of nitrogens with two attached hydrogens (primary N) is 1. The molecule has 0 saturated carbocycles. The van der Waals surface area contributed by atoms with Crippen molar-refractivity contribution in [2.75, 3.05) is 0 Å². The van der Waals surface area contributed by atoms with Crippen molar-refractivity contribution in [3.8, 4) is 5.75 Å². The predicted molar refractivity (Wildman–Crippen MR) is 82.6 cm³/mol. The highest BCUT2D eigenvalue weighted by molar-refractivity contribution is 5.79. The lowest BCUT2D eigenvalue weighted by Crippen LogP contribution is -2.38. The molecule has 1 atom stereocenters. The Bertz CT molecular complexity index is 672. The van der Waals surface area contributed by atoms with Crippen LogP contribution in [-0.2, 0) is 17.9 Å². The van der Waals surface area contributed by atoms with Gasteiger partial charge in [-0.15, -0.1) is 0 Å². The molecule has 6 heteroatoms. The lowest BCUT2D eigenvalue weighted by molar-refractivity contribution is -0.119. The van der Waals surface area contributed by atoms with Gasteiger partial charge in [0.2, 0.25) is 5.91 Å². The topological polar surface area (TPSA) is 64.3 Å². The molecule has 0 fully saturated rings. The molecule has 0 aromatic heterocycles. The number of halogens is 2. The monoisotopic (exact) mass is 320 g/mol. The summed E-state index contributed by atoms with van der Waals surface area (Å²) >= 11 is 0. The third kappa shape index (κ3) is 5.34. The molecule has 4 nitrogen and oxygen atoms in total. The molecule has 0 spiro atoms. The maximum absolute atomic E-state index is 13.1. The number of carbonyl (C=O) groups excluding carboxylic acids is 1. The van der Waals surface area contributed by atoms with Gasteiger partial charge in [-0.25, -0.2) is 8.78 Å². The Kier molecular flexibility index (Phi) is 5.65. The molecule has 23 heavy (non-hydrogen) atoms. The Morgan fingerprint density at radius 3 is 2.48 bits per heavy atom. The van der Waals surface area contributed by atoms with E-state index in [0.717, 1.165) is 29.3 Å². The van der Waals surface area contributed by atoms with E-state index < -0.39 is 23.6 Å². The van der Waals surface area contributed by atoms with E-state index in [-0.39, 0.29) is 12.4 Å². The molecule has 0 radical (unpaired) electrons. The lowest BCUT2D eigenvalue weighted by Gasteiger charge is -2.11. The first-order valence-corrected chi connectivity index (χ1v) is 7.13. The first kappa shape index (κ1) is 16.9. The summed E-state index contributed by atoms with van der Waals surface area (Å²) in [5.41, 5.74) is 6.98. The lowest BCUT2D eigenvalue weighted by atomic mass is 10.1. The Balaban J connectivity index is 1.95. The van der Waals surface area contributed by atoms with Gasteiger partial charge < -0.3 is 15.8 Å². The van der Waals surface area contributed by atoms with Crippen LogP contribution in [0.25, 0.3) is 0 Å². The van der Waals surface area contributed by atoms with Gasteiger partial charge in [-0.2, -0.15) is 0 Å². The normalized spacial score (nSPS) is 12.0. The average Bonchev–Trinajstić information content (AvgIpc) is 2.50. The molecule has 0 aliphatic rings. The van der Waals surface area contributed by atoms with Crippen molar-refractivity contribution in [2.24, 2.45) is 5.73 Å². The van der Waals surface area contributed by atoms with Gasteiger partial charge in [-0.3, -0.25) is 4.79 Å². The van der Waals surface area contributed by atoms with Crippen LogP contribution in [0, 0.1) is 11.6 Å². The van der Waals surface area contributed by atoms with Crippen molar-refractivity contribution in [1.29, 1.82) is 0 Å².